The van der Waals surface area contributed by atoms with Crippen molar-refractivity contribution in [3.63, 3.8) is 0 Å². The Morgan fingerprint density at radius 1 is 0.696 bits per heavy atom. The molecule has 0 radical (unpaired) electrons. The molecule has 2 aromatic carbocycles. The van der Waals surface area contributed by atoms with Gasteiger partial charge in [0.25, 0.3) is 0 Å². The van der Waals surface area contributed by atoms with Crippen molar-refractivity contribution >= 4 is 39.0 Å². The molecule has 0 aliphatic heterocycles. The van der Waals surface area contributed by atoms with Gasteiger partial charge in [-0.15, -0.1) is 0 Å². The van der Waals surface area contributed by atoms with Gasteiger partial charge < -0.3 is 0 Å². The van der Waals surface area contributed by atoms with Gasteiger partial charge in [-0.2, -0.15) is 0 Å². The van der Waals surface area contributed by atoms with Gasteiger partial charge in [0.2, 0.25) is 0 Å². The van der Waals surface area contributed by atoms with Crippen LogP contribution < -0.4 is 0 Å². The predicted octanol–water partition coefficient (Wildman–Crippen LogP) is 2.94. The van der Waals surface area contributed by atoms with E-state index in [-0.39, 0.29) is 8.94 Å². The minimum absolute atomic E-state index is 0.0910. The summed E-state index contributed by atoms with van der Waals surface area (Å²) >= 11 is -0.816. The molecule has 0 heterocycles. The molecule has 5 heteroatoms. The first-order chi connectivity index (χ1) is 11.1. The Morgan fingerprint density at radius 2 is 1.04 bits per heavy atom. The van der Waals surface area contributed by atoms with E-state index in [1.54, 1.807) is 48.5 Å². The maximum absolute atomic E-state index is 11.4. The van der Waals surface area contributed by atoms with Crippen LogP contribution in [0.2, 0.25) is 0 Å². The summed E-state index contributed by atoms with van der Waals surface area (Å²) < 4.78 is 0.182. The molecule has 0 saturated heterocycles. The van der Waals surface area contributed by atoms with Crippen LogP contribution in [0.4, 0.5) is 0 Å². The van der Waals surface area contributed by atoms with Gasteiger partial charge in [0.15, 0.2) is 0 Å². The van der Waals surface area contributed by atoms with Gasteiger partial charge in [0, 0.05) is 0 Å². The summed E-state index contributed by atoms with van der Waals surface area (Å²) in [5.74, 6) is -2.21. The van der Waals surface area contributed by atoms with Gasteiger partial charge in [-0.1, -0.05) is 0 Å². The summed E-state index contributed by atoms with van der Waals surface area (Å²) in [5.41, 5.74) is 1.47. The predicted molar refractivity (Wildman–Crippen MR) is 89.9 cm³/mol. The Morgan fingerprint density at radius 3 is 1.35 bits per heavy atom. The van der Waals surface area contributed by atoms with Gasteiger partial charge in [-0.3, -0.25) is 0 Å². The minimum atomic E-state index is -1.10. The van der Waals surface area contributed by atoms with Crippen LogP contribution in [0.1, 0.15) is 11.1 Å². The quantitative estimate of drug-likeness (QED) is 0.603. The fourth-order valence-corrected chi connectivity index (χ4v) is 3.47. The molecule has 0 spiro atoms. The number of benzene rings is 2. The van der Waals surface area contributed by atoms with Gasteiger partial charge >= 0.3 is 140 Å². The molecule has 4 nitrogen and oxygen atoms in total. The number of rotatable bonds is 6. The monoisotopic (exact) mass is 374 g/mol. The molecule has 2 aromatic rings. The van der Waals surface area contributed by atoms with E-state index in [1.165, 1.54) is 12.2 Å². The van der Waals surface area contributed by atoms with Crippen molar-refractivity contribution in [2.45, 2.75) is 0 Å². The van der Waals surface area contributed by atoms with Crippen LogP contribution in [0.5, 0.6) is 0 Å². The molecule has 23 heavy (non-hydrogen) atoms. The Labute approximate surface area is 139 Å². The topological polar surface area (TPSA) is 74.6 Å². The van der Waals surface area contributed by atoms with Crippen molar-refractivity contribution in [2.24, 2.45) is 0 Å². The van der Waals surface area contributed by atoms with Crippen LogP contribution in [0.3, 0.4) is 0 Å². The molecule has 0 amide bonds. The summed E-state index contributed by atoms with van der Waals surface area (Å²) in [6.45, 7) is 0. The molecule has 116 valence electrons. The second-order valence-corrected chi connectivity index (χ2v) is 6.82. The van der Waals surface area contributed by atoms with Gasteiger partial charge in [-0.25, -0.2) is 0 Å². The number of hydrogen-bond donors (Lipinski definition) is 2. The third-order valence-electron chi connectivity index (χ3n) is 2.84. The standard InChI is InChI=1S/C18H14O4Se/c19-17(20)15(11-13-7-3-1-4-8-13)23-16(18(21)22)12-14-9-5-2-6-10-14/h1-12H,(H,19,20)(H,21,22). The van der Waals surface area contributed by atoms with Crippen molar-refractivity contribution in [3.8, 4) is 0 Å². The first-order valence-electron chi connectivity index (χ1n) is 6.74. The zero-order valence-electron chi connectivity index (χ0n) is 12.0. The van der Waals surface area contributed by atoms with Gasteiger partial charge in [0.1, 0.15) is 0 Å². The summed E-state index contributed by atoms with van der Waals surface area (Å²) in [6, 6.07) is 18.0. The van der Waals surface area contributed by atoms with E-state index in [0.29, 0.717) is 0 Å². The maximum atomic E-state index is 11.4. The van der Waals surface area contributed by atoms with Crippen molar-refractivity contribution in [1.82, 2.24) is 0 Å². The number of hydrogen-bond acceptors (Lipinski definition) is 2. The molecule has 0 aliphatic carbocycles. The molecule has 0 bridgehead atoms. The van der Waals surface area contributed by atoms with Crippen molar-refractivity contribution in [2.75, 3.05) is 0 Å². The summed E-state index contributed by atoms with van der Waals surface area (Å²) in [6.07, 6.45) is 3.04. The molecule has 0 fully saturated rings. The molecule has 0 atom stereocenters. The van der Waals surface area contributed by atoms with Crippen LogP contribution in [-0.4, -0.2) is 37.1 Å². The van der Waals surface area contributed by atoms with Crippen LogP contribution >= 0.6 is 0 Å². The van der Waals surface area contributed by atoms with E-state index >= 15 is 0 Å². The third-order valence-corrected chi connectivity index (χ3v) is 4.99. The van der Waals surface area contributed by atoms with E-state index in [0.717, 1.165) is 11.1 Å². The van der Waals surface area contributed by atoms with Crippen molar-refractivity contribution in [1.29, 1.82) is 0 Å². The molecular formula is C18H14O4Se. The Kier molecular flexibility index (Phi) is 5.92. The first kappa shape index (κ1) is 16.7. The van der Waals surface area contributed by atoms with Gasteiger partial charge in [0.05, 0.1) is 0 Å². The van der Waals surface area contributed by atoms with E-state index in [1.807, 2.05) is 12.1 Å². The summed E-state index contributed by atoms with van der Waals surface area (Å²) in [7, 11) is 0. The average molecular weight is 373 g/mol. The van der Waals surface area contributed by atoms with Crippen LogP contribution in [0, 0.1) is 0 Å². The summed E-state index contributed by atoms with van der Waals surface area (Å²) in [5, 5.41) is 18.7. The fourth-order valence-electron chi connectivity index (χ4n) is 1.79. The van der Waals surface area contributed by atoms with Crippen LogP contribution in [0.15, 0.2) is 69.6 Å². The van der Waals surface area contributed by atoms with E-state index in [4.69, 9.17) is 0 Å². The number of carboxylic acids is 2. The molecule has 2 rings (SSSR count). The molecule has 0 aromatic heterocycles. The average Bonchev–Trinajstić information content (AvgIpc) is 2.55. The second kappa shape index (κ2) is 8.13. The zero-order chi connectivity index (χ0) is 16.7. The van der Waals surface area contributed by atoms with Crippen LogP contribution in [0.25, 0.3) is 12.2 Å². The zero-order valence-corrected chi connectivity index (χ0v) is 13.8. The second-order valence-electron chi connectivity index (χ2n) is 4.55. The fraction of sp³-hybridized carbons (Fsp3) is 0. The SMILES string of the molecule is O=C(O)C(=Cc1ccccc1)[Se]C(=Cc1ccccc1)C(=O)O. The Balaban J connectivity index is 2.33. The van der Waals surface area contributed by atoms with E-state index < -0.39 is 26.9 Å². The molecule has 2 N–H and O–H groups in total. The third kappa shape index (κ3) is 5.25. The number of carboxylic acid groups (broad SMARTS) is 2. The molecule has 0 unspecified atom stereocenters. The molecular weight excluding hydrogens is 359 g/mol. The normalized spacial score (nSPS) is 12.0. The van der Waals surface area contributed by atoms with Crippen molar-refractivity contribution in [3.05, 3.63) is 80.7 Å². The van der Waals surface area contributed by atoms with Crippen LogP contribution in [-0.2, 0) is 9.59 Å². The van der Waals surface area contributed by atoms with Crippen molar-refractivity contribution < 1.29 is 19.8 Å². The Hall–Kier alpha value is -2.62. The van der Waals surface area contributed by atoms with E-state index in [2.05, 4.69) is 0 Å². The first-order valence-corrected chi connectivity index (χ1v) is 8.45. The number of aliphatic carboxylic acids is 2. The number of carbonyl (C=O) groups is 2. The molecule has 0 saturated carbocycles. The van der Waals surface area contributed by atoms with Gasteiger partial charge in [-0.05, 0) is 0 Å². The van der Waals surface area contributed by atoms with E-state index in [9.17, 15) is 19.8 Å². The summed E-state index contributed by atoms with van der Waals surface area (Å²) in [4.78, 5) is 22.9. The Bertz CT molecular complexity index is 684. The molecule has 0 aliphatic rings.